The highest BCUT2D eigenvalue weighted by molar-refractivity contribution is 5.67. The summed E-state index contributed by atoms with van der Waals surface area (Å²) in [6.07, 6.45) is 3.63. The summed E-state index contributed by atoms with van der Waals surface area (Å²) in [7, 11) is 1.65. The first-order valence-corrected chi connectivity index (χ1v) is 9.66. The Morgan fingerprint density at radius 2 is 1.71 bits per heavy atom. The Hall–Kier alpha value is -2.82. The largest absolute Gasteiger partial charge is 0.497 e. The number of nitrogens with zero attached hydrogens (tertiary/aromatic N) is 1. The SMILES string of the molecule is COc1ccc(CC2(CC=O)CCN(C(=O)OCc3ccccc3)CC2)cc1. The minimum Gasteiger partial charge on any atom is -0.497 e. The quantitative estimate of drug-likeness (QED) is 0.673. The molecule has 3 rings (SSSR count). The van der Waals surface area contributed by atoms with E-state index in [-0.39, 0.29) is 18.1 Å². The molecule has 0 radical (unpaired) electrons. The molecule has 1 amide bonds. The molecule has 5 nitrogen and oxygen atoms in total. The normalized spacial score (nSPS) is 15.7. The molecule has 0 unspecified atom stereocenters. The van der Waals surface area contributed by atoms with Crippen molar-refractivity contribution in [3.8, 4) is 5.75 Å². The molecule has 0 atom stereocenters. The van der Waals surface area contributed by atoms with E-state index in [1.807, 2.05) is 54.6 Å². The lowest BCUT2D eigenvalue weighted by molar-refractivity contribution is -0.110. The molecular formula is C23H27NO4. The molecule has 0 aliphatic carbocycles. The summed E-state index contributed by atoms with van der Waals surface area (Å²) in [5, 5.41) is 0. The Balaban J connectivity index is 1.56. The van der Waals surface area contributed by atoms with Crippen molar-refractivity contribution in [3.63, 3.8) is 0 Å². The third-order valence-electron chi connectivity index (χ3n) is 5.54. The second kappa shape index (κ2) is 9.40. The smallest absolute Gasteiger partial charge is 0.410 e. The monoisotopic (exact) mass is 381 g/mol. The molecule has 0 N–H and O–H groups in total. The van der Waals surface area contributed by atoms with Crippen LogP contribution in [0.3, 0.4) is 0 Å². The van der Waals surface area contributed by atoms with Crippen molar-refractivity contribution >= 4 is 12.4 Å². The first kappa shape index (κ1) is 19.9. The van der Waals surface area contributed by atoms with Gasteiger partial charge in [-0.25, -0.2) is 4.79 Å². The fourth-order valence-corrected chi connectivity index (χ4v) is 3.78. The van der Waals surface area contributed by atoms with E-state index in [1.54, 1.807) is 12.0 Å². The second-order valence-corrected chi connectivity index (χ2v) is 7.42. The van der Waals surface area contributed by atoms with Crippen molar-refractivity contribution in [2.24, 2.45) is 5.41 Å². The fraction of sp³-hybridized carbons (Fsp3) is 0.391. The number of benzene rings is 2. The Labute approximate surface area is 166 Å². The van der Waals surface area contributed by atoms with Gasteiger partial charge in [0.05, 0.1) is 7.11 Å². The Kier molecular flexibility index (Phi) is 6.69. The summed E-state index contributed by atoms with van der Waals surface area (Å²) in [5.41, 5.74) is 2.05. The van der Waals surface area contributed by atoms with E-state index in [1.165, 1.54) is 5.56 Å². The van der Waals surface area contributed by atoms with Gasteiger partial charge in [-0.2, -0.15) is 0 Å². The summed E-state index contributed by atoms with van der Waals surface area (Å²) in [5.74, 6) is 0.823. The van der Waals surface area contributed by atoms with Crippen molar-refractivity contribution in [1.29, 1.82) is 0 Å². The van der Waals surface area contributed by atoms with Crippen molar-refractivity contribution in [3.05, 3.63) is 65.7 Å². The zero-order valence-corrected chi connectivity index (χ0v) is 16.3. The molecule has 0 aromatic heterocycles. The lowest BCUT2D eigenvalue weighted by Gasteiger charge is -2.40. The van der Waals surface area contributed by atoms with Gasteiger partial charge >= 0.3 is 6.09 Å². The van der Waals surface area contributed by atoms with Crippen molar-refractivity contribution < 1.29 is 19.1 Å². The minimum absolute atomic E-state index is 0.105. The van der Waals surface area contributed by atoms with Crippen LogP contribution in [0.4, 0.5) is 4.79 Å². The first-order valence-electron chi connectivity index (χ1n) is 9.66. The van der Waals surface area contributed by atoms with E-state index in [9.17, 15) is 9.59 Å². The van der Waals surface area contributed by atoms with Crippen molar-refractivity contribution in [1.82, 2.24) is 4.90 Å². The number of hydrogen-bond acceptors (Lipinski definition) is 4. The third-order valence-corrected chi connectivity index (χ3v) is 5.54. The number of likely N-dealkylation sites (tertiary alicyclic amines) is 1. The zero-order valence-electron chi connectivity index (χ0n) is 16.3. The number of hydrogen-bond donors (Lipinski definition) is 0. The number of rotatable bonds is 7. The number of amides is 1. The minimum atomic E-state index is -0.284. The highest BCUT2D eigenvalue weighted by Crippen LogP contribution is 2.38. The molecule has 1 saturated heterocycles. The van der Waals surface area contributed by atoms with Crippen LogP contribution in [0.15, 0.2) is 54.6 Å². The first-order chi connectivity index (χ1) is 13.6. The van der Waals surface area contributed by atoms with E-state index in [0.29, 0.717) is 19.5 Å². The predicted octanol–water partition coefficient (Wildman–Crippen LogP) is 4.25. The molecule has 148 valence electrons. The standard InChI is InChI=1S/C23H27NO4/c1-27-21-9-7-19(8-10-21)17-23(13-16-25)11-14-24(15-12-23)22(26)28-18-20-5-3-2-4-6-20/h2-10,16H,11-15,17-18H2,1H3. The number of ether oxygens (including phenoxy) is 2. The van der Waals surface area contributed by atoms with Crippen LogP contribution in [0.25, 0.3) is 0 Å². The lowest BCUT2D eigenvalue weighted by Crippen LogP contribution is -2.44. The molecule has 1 heterocycles. The van der Waals surface area contributed by atoms with Gasteiger partial charge in [-0.1, -0.05) is 42.5 Å². The van der Waals surface area contributed by atoms with E-state index < -0.39 is 0 Å². The van der Waals surface area contributed by atoms with Gasteiger partial charge in [0.1, 0.15) is 18.6 Å². The molecule has 0 saturated carbocycles. The van der Waals surface area contributed by atoms with Crippen LogP contribution >= 0.6 is 0 Å². The summed E-state index contributed by atoms with van der Waals surface area (Å²) in [6, 6.07) is 17.7. The molecule has 2 aromatic rings. The van der Waals surface area contributed by atoms with Gasteiger partial charge in [0.2, 0.25) is 0 Å². The van der Waals surface area contributed by atoms with Gasteiger partial charge in [0, 0.05) is 19.5 Å². The van der Waals surface area contributed by atoms with E-state index in [2.05, 4.69) is 0 Å². The van der Waals surface area contributed by atoms with Crippen LogP contribution in [0.5, 0.6) is 5.75 Å². The molecule has 2 aromatic carbocycles. The summed E-state index contributed by atoms with van der Waals surface area (Å²) in [4.78, 5) is 25.5. The van der Waals surface area contributed by atoms with Crippen LogP contribution in [-0.4, -0.2) is 37.5 Å². The summed E-state index contributed by atoms with van der Waals surface area (Å²) >= 11 is 0. The number of piperidine rings is 1. The number of methoxy groups -OCH3 is 1. The van der Waals surface area contributed by atoms with Gasteiger partial charge in [0.25, 0.3) is 0 Å². The number of carbonyl (C=O) groups is 2. The summed E-state index contributed by atoms with van der Waals surface area (Å²) in [6.45, 7) is 1.50. The Morgan fingerprint density at radius 1 is 1.04 bits per heavy atom. The lowest BCUT2D eigenvalue weighted by atomic mass is 9.72. The predicted molar refractivity (Wildman–Crippen MR) is 107 cm³/mol. The molecule has 0 bridgehead atoms. The highest BCUT2D eigenvalue weighted by Gasteiger charge is 2.36. The second-order valence-electron chi connectivity index (χ2n) is 7.42. The average Bonchev–Trinajstić information content (AvgIpc) is 2.74. The van der Waals surface area contributed by atoms with Gasteiger partial charge in [0.15, 0.2) is 0 Å². The molecule has 28 heavy (non-hydrogen) atoms. The molecule has 0 spiro atoms. The Morgan fingerprint density at radius 3 is 2.32 bits per heavy atom. The van der Waals surface area contributed by atoms with Gasteiger partial charge in [-0.05, 0) is 47.9 Å². The number of carbonyl (C=O) groups excluding carboxylic acids is 2. The zero-order chi connectivity index (χ0) is 19.8. The topological polar surface area (TPSA) is 55.8 Å². The van der Waals surface area contributed by atoms with Crippen LogP contribution < -0.4 is 4.74 Å². The average molecular weight is 381 g/mol. The van der Waals surface area contributed by atoms with E-state index in [4.69, 9.17) is 9.47 Å². The van der Waals surface area contributed by atoms with Gasteiger partial charge in [-0.3, -0.25) is 0 Å². The maximum absolute atomic E-state index is 12.4. The summed E-state index contributed by atoms with van der Waals surface area (Å²) < 4.78 is 10.7. The maximum Gasteiger partial charge on any atom is 0.410 e. The number of aldehydes is 1. The fourth-order valence-electron chi connectivity index (χ4n) is 3.78. The molecule has 1 aliphatic heterocycles. The van der Waals surface area contributed by atoms with E-state index >= 15 is 0 Å². The highest BCUT2D eigenvalue weighted by atomic mass is 16.6. The van der Waals surface area contributed by atoms with Crippen molar-refractivity contribution in [2.75, 3.05) is 20.2 Å². The van der Waals surface area contributed by atoms with Crippen LogP contribution in [0.1, 0.15) is 30.4 Å². The van der Waals surface area contributed by atoms with Crippen LogP contribution in [0, 0.1) is 5.41 Å². The molecule has 1 aliphatic rings. The van der Waals surface area contributed by atoms with Crippen molar-refractivity contribution in [2.45, 2.75) is 32.3 Å². The molecule has 1 fully saturated rings. The maximum atomic E-state index is 12.4. The van der Waals surface area contributed by atoms with Crippen LogP contribution in [-0.2, 0) is 22.6 Å². The molecule has 5 heteroatoms. The molecular weight excluding hydrogens is 354 g/mol. The van der Waals surface area contributed by atoms with Gasteiger partial charge < -0.3 is 19.2 Å². The third kappa shape index (κ3) is 5.12. The van der Waals surface area contributed by atoms with Crippen LogP contribution in [0.2, 0.25) is 0 Å². The van der Waals surface area contributed by atoms with E-state index in [0.717, 1.165) is 36.9 Å². The Bertz CT molecular complexity index is 765. The van der Waals surface area contributed by atoms with Gasteiger partial charge in [-0.15, -0.1) is 0 Å².